The van der Waals surface area contributed by atoms with Gasteiger partial charge >= 0.3 is 12.2 Å². The van der Waals surface area contributed by atoms with Gasteiger partial charge in [0.05, 0.1) is 30.7 Å². The van der Waals surface area contributed by atoms with E-state index in [0.29, 0.717) is 19.3 Å². The molecule has 0 unspecified atom stereocenters. The van der Waals surface area contributed by atoms with Crippen molar-refractivity contribution in [3.8, 4) is 0 Å². The Bertz CT molecular complexity index is 2850. The highest BCUT2D eigenvalue weighted by atomic mass is 16.6. The van der Waals surface area contributed by atoms with Crippen molar-refractivity contribution in [3.05, 3.63) is 143 Å². The van der Waals surface area contributed by atoms with Crippen molar-refractivity contribution >= 4 is 41.7 Å². The zero-order chi connectivity index (χ0) is 56.8. The van der Waals surface area contributed by atoms with Gasteiger partial charge in [-0.2, -0.15) is 0 Å². The molecule has 79 heavy (non-hydrogen) atoms. The molecule has 17 nitrogen and oxygen atoms in total. The summed E-state index contributed by atoms with van der Waals surface area (Å²) >= 11 is 0. The molecule has 2 heterocycles. The number of carbonyl (C=O) groups is 7. The van der Waals surface area contributed by atoms with Crippen LogP contribution in [0.5, 0.6) is 0 Å². The Hall–Kier alpha value is -7.27. The number of benzene rings is 4. The van der Waals surface area contributed by atoms with Crippen LogP contribution >= 0.6 is 0 Å². The van der Waals surface area contributed by atoms with Crippen molar-refractivity contribution in [1.82, 2.24) is 35.6 Å². The van der Waals surface area contributed by atoms with Crippen LogP contribution in [0, 0.1) is 10.8 Å². The molecule has 7 amide bonds. The fourth-order valence-corrected chi connectivity index (χ4v) is 11.1. The molecule has 8 rings (SSSR count). The van der Waals surface area contributed by atoms with Gasteiger partial charge in [-0.25, -0.2) is 9.59 Å². The molecule has 0 aromatic heterocycles. The van der Waals surface area contributed by atoms with Crippen molar-refractivity contribution in [1.29, 1.82) is 0 Å². The molecular weight excluding hydrogens is 1000 g/mol. The number of aryl methyl sites for hydroxylation is 1. The summed E-state index contributed by atoms with van der Waals surface area (Å²) in [5, 5.41) is 9.43. The molecule has 4 aliphatic rings. The number of methoxy groups -OCH3 is 1. The normalized spacial score (nSPS) is 20.5. The summed E-state index contributed by atoms with van der Waals surface area (Å²) < 4.78 is 17.3. The minimum atomic E-state index is -1.15. The van der Waals surface area contributed by atoms with Gasteiger partial charge in [-0.05, 0) is 105 Å². The van der Waals surface area contributed by atoms with E-state index < -0.39 is 76.7 Å². The minimum Gasteiger partial charge on any atom is -0.445 e. The van der Waals surface area contributed by atoms with E-state index in [-0.39, 0.29) is 69.5 Å². The third-order valence-electron chi connectivity index (χ3n) is 15.9. The van der Waals surface area contributed by atoms with Crippen LogP contribution in [-0.4, -0.2) is 131 Å². The monoisotopic (exact) mass is 1080 g/mol. The number of likely N-dealkylation sites (tertiary alicyclic amines) is 1. The first kappa shape index (κ1) is 57.9. The van der Waals surface area contributed by atoms with Crippen molar-refractivity contribution < 1.29 is 47.8 Å². The van der Waals surface area contributed by atoms with Crippen molar-refractivity contribution in [3.63, 3.8) is 0 Å². The molecule has 1 saturated carbocycles. The molecule has 0 spiro atoms. The van der Waals surface area contributed by atoms with Crippen LogP contribution < -0.4 is 16.0 Å². The summed E-state index contributed by atoms with van der Waals surface area (Å²) in [7, 11) is 3.02. The number of likely N-dealkylation sites (N-methyl/N-ethyl adjacent to an activating group) is 1. The van der Waals surface area contributed by atoms with E-state index in [1.807, 2.05) is 124 Å². The number of amides is 7. The molecule has 2 aliphatic carbocycles. The number of rotatable bonds is 17. The first-order chi connectivity index (χ1) is 37.6. The highest BCUT2D eigenvalue weighted by Crippen LogP contribution is 2.48. The van der Waals surface area contributed by atoms with Crippen LogP contribution in [0.1, 0.15) is 126 Å². The lowest BCUT2D eigenvalue weighted by Crippen LogP contribution is -2.60. The maximum Gasteiger partial charge on any atom is 0.411 e. The molecule has 7 atom stereocenters. The largest absolute Gasteiger partial charge is 0.445 e. The SMILES string of the molecule is COC[C@@H](c1ccccc1)N(CC1(C(=O)N[C@H]2C[C@@H](C(=O)N[C@@H]3CCCc4ccccc43)N(C(=O)[C@@H](NC(=O)[C@H](C)N(C)C(=O)OC(C)(C)C)C(C)(C)C)C2)CC1)C(=O)[C@@H]1Cc2ccccc2CN1C(=O)OCc1ccccc1. The van der Waals surface area contributed by atoms with Crippen LogP contribution in [0.2, 0.25) is 0 Å². The highest BCUT2D eigenvalue weighted by Gasteiger charge is 2.55. The second-order valence-corrected chi connectivity index (χ2v) is 23.9. The van der Waals surface area contributed by atoms with E-state index >= 15 is 14.4 Å². The Balaban J connectivity index is 1.07. The summed E-state index contributed by atoms with van der Waals surface area (Å²) in [5.74, 6) is -2.18. The molecule has 0 bridgehead atoms. The van der Waals surface area contributed by atoms with Gasteiger partial charge in [0.1, 0.15) is 36.4 Å². The number of nitrogens with one attached hydrogen (secondary N) is 3. The molecule has 2 aliphatic heterocycles. The molecule has 3 N–H and O–H groups in total. The van der Waals surface area contributed by atoms with Crippen LogP contribution in [0.4, 0.5) is 9.59 Å². The molecule has 4 aromatic rings. The standard InChI is InChI=1S/C62H79N7O10/c1-40(66(8)58(75)79-61(5,6)7)53(70)65-52(60(2,3)4)56(73)67-36-46(34-49(67)54(71)64-48-30-20-28-42-23-18-19-29-47(42)48)63-57(74)62(31-32-62)39-69(51(38-77-9)43-24-14-11-15-25-43)55(72)50-33-44-26-16-17-27-45(44)35-68(50)59(76)78-37-41-21-12-10-13-22-41/h10-19,21-27,29,40,46,48-52H,20,28,30-39H2,1-9H3,(H,63,74)(H,64,71)(H,65,70)/t40-,46-,48+,49-,50-,51-,52+/m0/s1. The van der Waals surface area contributed by atoms with Gasteiger partial charge in [0.2, 0.25) is 29.5 Å². The molecule has 17 heteroatoms. The van der Waals surface area contributed by atoms with Crippen LogP contribution in [0.25, 0.3) is 0 Å². The minimum absolute atomic E-state index is 0.0138. The highest BCUT2D eigenvalue weighted by molar-refractivity contribution is 5.95. The number of nitrogens with zero attached hydrogens (tertiary/aromatic N) is 4. The van der Waals surface area contributed by atoms with Crippen LogP contribution in [0.3, 0.4) is 0 Å². The summed E-state index contributed by atoms with van der Waals surface area (Å²) in [6.45, 7) is 12.4. The molecule has 422 valence electrons. The third-order valence-corrected chi connectivity index (χ3v) is 15.9. The van der Waals surface area contributed by atoms with Gasteiger partial charge in [-0.1, -0.05) is 130 Å². The predicted octanol–water partition coefficient (Wildman–Crippen LogP) is 7.81. The van der Waals surface area contributed by atoms with Crippen molar-refractivity contribution in [2.45, 2.75) is 154 Å². The van der Waals surface area contributed by atoms with E-state index in [1.54, 1.807) is 39.7 Å². The third kappa shape index (κ3) is 13.8. The fourth-order valence-electron chi connectivity index (χ4n) is 11.1. The first-order valence-electron chi connectivity index (χ1n) is 27.7. The average Bonchev–Trinajstić information content (AvgIpc) is 4.34. The Morgan fingerprint density at radius 2 is 1.41 bits per heavy atom. The van der Waals surface area contributed by atoms with Crippen molar-refractivity contribution in [2.75, 3.05) is 33.9 Å². The first-order valence-corrected chi connectivity index (χ1v) is 27.7. The Kier molecular flexibility index (Phi) is 17.9. The quantitative estimate of drug-likeness (QED) is 0.0939. The summed E-state index contributed by atoms with van der Waals surface area (Å²) in [6.07, 6.45) is 2.31. The second-order valence-electron chi connectivity index (χ2n) is 23.9. The summed E-state index contributed by atoms with van der Waals surface area (Å²) in [6, 6.07) is 28.7. The Morgan fingerprint density at radius 3 is 2.05 bits per heavy atom. The van der Waals surface area contributed by atoms with Gasteiger partial charge in [0.25, 0.3) is 0 Å². The van der Waals surface area contributed by atoms with E-state index in [2.05, 4.69) is 22.0 Å². The van der Waals surface area contributed by atoms with Gasteiger partial charge in [-0.15, -0.1) is 0 Å². The zero-order valence-corrected chi connectivity index (χ0v) is 47.3. The Morgan fingerprint density at radius 1 is 0.772 bits per heavy atom. The zero-order valence-electron chi connectivity index (χ0n) is 47.3. The lowest BCUT2D eigenvalue weighted by Gasteiger charge is -2.41. The van der Waals surface area contributed by atoms with Gasteiger partial charge in [-0.3, -0.25) is 33.8 Å². The van der Waals surface area contributed by atoms with Crippen LogP contribution in [-0.2, 0) is 64.2 Å². The fraction of sp³-hybridized carbons (Fsp3) is 0.500. The van der Waals surface area contributed by atoms with Gasteiger partial charge < -0.3 is 40.0 Å². The van der Waals surface area contributed by atoms with E-state index in [0.717, 1.165) is 46.2 Å². The number of ether oxygens (including phenoxy) is 3. The van der Waals surface area contributed by atoms with Gasteiger partial charge in [0.15, 0.2) is 0 Å². The smallest absolute Gasteiger partial charge is 0.411 e. The maximum atomic E-state index is 15.7. The van der Waals surface area contributed by atoms with E-state index in [1.165, 1.54) is 21.7 Å². The topological polar surface area (TPSA) is 196 Å². The molecule has 2 fully saturated rings. The molecule has 0 radical (unpaired) electrons. The molecule has 1 saturated heterocycles. The number of fused-ring (bicyclic) bond motifs is 2. The summed E-state index contributed by atoms with van der Waals surface area (Å²) in [4.78, 5) is 108. The lowest BCUT2D eigenvalue weighted by atomic mass is 9.85. The van der Waals surface area contributed by atoms with E-state index in [9.17, 15) is 19.2 Å². The average molecular weight is 1080 g/mol. The van der Waals surface area contributed by atoms with Crippen molar-refractivity contribution in [2.24, 2.45) is 10.8 Å². The van der Waals surface area contributed by atoms with Crippen LogP contribution in [0.15, 0.2) is 109 Å². The molecular formula is C62H79N7O10. The molecule has 4 aromatic carbocycles. The maximum absolute atomic E-state index is 15.7. The predicted molar refractivity (Wildman–Crippen MR) is 298 cm³/mol. The lowest BCUT2D eigenvalue weighted by molar-refractivity contribution is -0.144. The number of carbonyl (C=O) groups excluding carboxylic acids is 7. The van der Waals surface area contributed by atoms with E-state index in [4.69, 9.17) is 14.2 Å². The second kappa shape index (κ2) is 24.4. The number of hydrogen-bond donors (Lipinski definition) is 3. The van der Waals surface area contributed by atoms with Gasteiger partial charge in [0, 0.05) is 39.7 Å². The summed E-state index contributed by atoms with van der Waals surface area (Å²) in [5.41, 5.74) is 2.84. The Labute approximate surface area is 465 Å². The number of hydrogen-bond acceptors (Lipinski definition) is 10.